The van der Waals surface area contributed by atoms with Gasteiger partial charge in [0.15, 0.2) is 0 Å². The van der Waals surface area contributed by atoms with Crippen molar-refractivity contribution < 1.29 is 8.42 Å². The summed E-state index contributed by atoms with van der Waals surface area (Å²) in [4.78, 5) is 2.30. The first-order valence-corrected chi connectivity index (χ1v) is 7.59. The van der Waals surface area contributed by atoms with Crippen LogP contribution in [-0.4, -0.2) is 27.8 Å². The Hall–Kier alpha value is -0.430. The summed E-state index contributed by atoms with van der Waals surface area (Å²) in [5.74, 6) is 0.118. The fourth-order valence-corrected chi connectivity index (χ4v) is 3.30. The van der Waals surface area contributed by atoms with Gasteiger partial charge in [0.25, 0.3) is 0 Å². The molecule has 0 radical (unpaired) electrons. The molecule has 0 saturated heterocycles. The molecule has 16 heavy (non-hydrogen) atoms. The van der Waals surface area contributed by atoms with Crippen molar-refractivity contribution in [2.24, 2.45) is 0 Å². The zero-order valence-corrected chi connectivity index (χ0v) is 11.5. The lowest BCUT2D eigenvalue weighted by molar-refractivity contribution is 0.579. The standard InChI is InChI=1S/C10H18N2O2S2/c1-8-6-10(15-9(8)2)7-12-16(13,14)5-4-11-3/h6,11-12H,4-5,7H2,1-3H3. The first-order chi connectivity index (χ1) is 7.44. The summed E-state index contributed by atoms with van der Waals surface area (Å²) in [6.07, 6.45) is 0. The van der Waals surface area contributed by atoms with Gasteiger partial charge >= 0.3 is 0 Å². The van der Waals surface area contributed by atoms with Gasteiger partial charge in [-0.3, -0.25) is 0 Å². The van der Waals surface area contributed by atoms with E-state index in [0.717, 1.165) is 4.88 Å². The SMILES string of the molecule is CNCCS(=O)(=O)NCc1cc(C)c(C)s1. The van der Waals surface area contributed by atoms with Gasteiger partial charge in [0, 0.05) is 22.8 Å². The van der Waals surface area contributed by atoms with Crippen LogP contribution in [0.3, 0.4) is 0 Å². The summed E-state index contributed by atoms with van der Waals surface area (Å²) < 4.78 is 25.6. The van der Waals surface area contributed by atoms with Crippen LogP contribution in [0.5, 0.6) is 0 Å². The lowest BCUT2D eigenvalue weighted by Crippen LogP contribution is -2.30. The average Bonchev–Trinajstić information content (AvgIpc) is 2.53. The normalized spacial score (nSPS) is 11.9. The average molecular weight is 262 g/mol. The van der Waals surface area contributed by atoms with E-state index < -0.39 is 10.0 Å². The molecule has 0 aliphatic carbocycles. The Kier molecular flexibility index (Phi) is 4.91. The molecular formula is C10H18N2O2S2. The lowest BCUT2D eigenvalue weighted by atomic mass is 10.3. The Morgan fingerprint density at radius 1 is 1.38 bits per heavy atom. The number of aryl methyl sites for hydroxylation is 2. The third-order valence-electron chi connectivity index (χ3n) is 2.30. The fraction of sp³-hybridized carbons (Fsp3) is 0.600. The van der Waals surface area contributed by atoms with E-state index in [4.69, 9.17) is 0 Å². The van der Waals surface area contributed by atoms with E-state index in [1.807, 2.05) is 19.9 Å². The Morgan fingerprint density at radius 2 is 2.06 bits per heavy atom. The monoisotopic (exact) mass is 262 g/mol. The number of rotatable bonds is 6. The Balaban J connectivity index is 2.51. The first-order valence-electron chi connectivity index (χ1n) is 5.12. The molecule has 1 rings (SSSR count). The number of nitrogens with one attached hydrogen (secondary N) is 2. The maximum absolute atomic E-state index is 11.5. The molecule has 0 amide bonds. The van der Waals surface area contributed by atoms with Gasteiger partial charge in [0.05, 0.1) is 5.75 Å². The second-order valence-corrected chi connectivity index (χ2v) is 6.96. The van der Waals surface area contributed by atoms with Crippen molar-refractivity contribution in [3.05, 3.63) is 21.4 Å². The van der Waals surface area contributed by atoms with Crippen LogP contribution in [0, 0.1) is 13.8 Å². The fourth-order valence-electron chi connectivity index (χ4n) is 1.23. The van der Waals surface area contributed by atoms with E-state index >= 15 is 0 Å². The zero-order valence-electron chi connectivity index (χ0n) is 9.83. The zero-order chi connectivity index (χ0) is 12.2. The second-order valence-electron chi connectivity index (χ2n) is 3.70. The summed E-state index contributed by atoms with van der Waals surface area (Å²) >= 11 is 1.64. The number of thiophene rings is 1. The van der Waals surface area contributed by atoms with Crippen molar-refractivity contribution in [3.8, 4) is 0 Å². The molecule has 1 heterocycles. The van der Waals surface area contributed by atoms with Crippen LogP contribution in [0.2, 0.25) is 0 Å². The number of hydrogen-bond acceptors (Lipinski definition) is 4. The smallest absolute Gasteiger partial charge is 0.213 e. The Morgan fingerprint density at radius 3 is 2.56 bits per heavy atom. The molecule has 0 spiro atoms. The second kappa shape index (κ2) is 5.77. The van der Waals surface area contributed by atoms with E-state index in [1.54, 1.807) is 18.4 Å². The summed E-state index contributed by atoms with van der Waals surface area (Å²) in [7, 11) is -1.41. The van der Waals surface area contributed by atoms with E-state index in [2.05, 4.69) is 10.0 Å². The topological polar surface area (TPSA) is 58.2 Å². The van der Waals surface area contributed by atoms with Crippen LogP contribution in [0.25, 0.3) is 0 Å². The van der Waals surface area contributed by atoms with Crippen LogP contribution in [0.1, 0.15) is 15.3 Å². The minimum atomic E-state index is -3.15. The summed E-state index contributed by atoms with van der Waals surface area (Å²) in [6, 6.07) is 2.03. The summed E-state index contributed by atoms with van der Waals surface area (Å²) in [6.45, 7) is 4.94. The van der Waals surface area contributed by atoms with Crippen molar-refractivity contribution >= 4 is 21.4 Å². The summed E-state index contributed by atoms with van der Waals surface area (Å²) in [5, 5.41) is 2.82. The predicted molar refractivity (Wildman–Crippen MR) is 68.3 cm³/mol. The largest absolute Gasteiger partial charge is 0.319 e. The van der Waals surface area contributed by atoms with E-state index in [-0.39, 0.29) is 5.75 Å². The van der Waals surface area contributed by atoms with Crippen LogP contribution in [0.15, 0.2) is 6.07 Å². The van der Waals surface area contributed by atoms with Gasteiger partial charge in [-0.05, 0) is 32.5 Å². The van der Waals surface area contributed by atoms with E-state index in [9.17, 15) is 8.42 Å². The highest BCUT2D eigenvalue weighted by Gasteiger charge is 2.10. The van der Waals surface area contributed by atoms with Crippen LogP contribution < -0.4 is 10.0 Å². The molecule has 0 aliphatic heterocycles. The molecule has 2 N–H and O–H groups in total. The van der Waals surface area contributed by atoms with Crippen molar-refractivity contribution in [2.75, 3.05) is 19.3 Å². The van der Waals surface area contributed by atoms with Gasteiger partial charge in [0.2, 0.25) is 10.0 Å². The highest BCUT2D eigenvalue weighted by molar-refractivity contribution is 7.89. The van der Waals surface area contributed by atoms with Crippen LogP contribution in [-0.2, 0) is 16.6 Å². The van der Waals surface area contributed by atoms with Gasteiger partial charge < -0.3 is 5.32 Å². The molecule has 0 atom stereocenters. The van der Waals surface area contributed by atoms with Crippen molar-refractivity contribution in [1.29, 1.82) is 0 Å². The lowest BCUT2D eigenvalue weighted by Gasteiger charge is -2.04. The van der Waals surface area contributed by atoms with Crippen LogP contribution in [0.4, 0.5) is 0 Å². The predicted octanol–water partition coefficient (Wildman–Crippen LogP) is 1.00. The minimum absolute atomic E-state index is 0.118. The maximum Gasteiger partial charge on any atom is 0.213 e. The Bertz CT molecular complexity index is 418. The molecule has 0 saturated carbocycles. The van der Waals surface area contributed by atoms with Crippen molar-refractivity contribution in [1.82, 2.24) is 10.0 Å². The third-order valence-corrected chi connectivity index (χ3v) is 4.78. The van der Waals surface area contributed by atoms with Gasteiger partial charge in [-0.15, -0.1) is 11.3 Å². The van der Waals surface area contributed by atoms with E-state index in [1.165, 1.54) is 10.4 Å². The minimum Gasteiger partial charge on any atom is -0.319 e. The molecule has 92 valence electrons. The first kappa shape index (κ1) is 13.6. The van der Waals surface area contributed by atoms with Crippen molar-refractivity contribution in [3.63, 3.8) is 0 Å². The highest BCUT2D eigenvalue weighted by Crippen LogP contribution is 2.20. The third kappa shape index (κ3) is 4.21. The van der Waals surface area contributed by atoms with E-state index in [0.29, 0.717) is 13.1 Å². The molecule has 0 unspecified atom stereocenters. The maximum atomic E-state index is 11.5. The number of sulfonamides is 1. The van der Waals surface area contributed by atoms with Crippen molar-refractivity contribution in [2.45, 2.75) is 20.4 Å². The molecule has 0 fully saturated rings. The Labute approximate surface area is 101 Å². The number of hydrogen-bond donors (Lipinski definition) is 2. The molecule has 6 heteroatoms. The molecule has 0 aromatic carbocycles. The molecule has 1 aromatic heterocycles. The highest BCUT2D eigenvalue weighted by atomic mass is 32.2. The van der Waals surface area contributed by atoms with Gasteiger partial charge in [-0.2, -0.15) is 0 Å². The van der Waals surface area contributed by atoms with Gasteiger partial charge in [0.1, 0.15) is 0 Å². The quantitative estimate of drug-likeness (QED) is 0.804. The molecular weight excluding hydrogens is 244 g/mol. The van der Waals surface area contributed by atoms with Crippen LogP contribution >= 0.6 is 11.3 Å². The molecule has 4 nitrogen and oxygen atoms in total. The van der Waals surface area contributed by atoms with Gasteiger partial charge in [-0.1, -0.05) is 0 Å². The molecule has 0 aliphatic rings. The summed E-state index contributed by atoms with van der Waals surface area (Å²) in [5.41, 5.74) is 1.22. The van der Waals surface area contributed by atoms with Gasteiger partial charge in [-0.25, -0.2) is 13.1 Å². The molecule has 0 bridgehead atoms. The molecule has 1 aromatic rings.